The molecular formula is C12H11N3O3S. The molecule has 0 bridgehead atoms. The van der Waals surface area contributed by atoms with Crippen LogP contribution in [0.1, 0.15) is 17.0 Å². The van der Waals surface area contributed by atoms with Crippen LogP contribution in [0.15, 0.2) is 34.9 Å². The molecular weight excluding hydrogens is 266 g/mol. The van der Waals surface area contributed by atoms with Crippen LogP contribution in [0.2, 0.25) is 0 Å². The van der Waals surface area contributed by atoms with Crippen molar-refractivity contribution >= 4 is 15.7 Å². The predicted molar refractivity (Wildman–Crippen MR) is 68.6 cm³/mol. The number of nitrogens with zero attached hydrogens (tertiary/aromatic N) is 2. The summed E-state index contributed by atoms with van der Waals surface area (Å²) >= 11 is 0. The van der Waals surface area contributed by atoms with E-state index in [9.17, 15) is 8.42 Å². The topological polar surface area (TPSA) is 96.0 Å². The molecule has 6 nitrogen and oxygen atoms in total. The van der Waals surface area contributed by atoms with Crippen molar-refractivity contribution in [1.29, 1.82) is 5.26 Å². The summed E-state index contributed by atoms with van der Waals surface area (Å²) in [6.07, 6.45) is 0. The Hall–Kier alpha value is -2.33. The van der Waals surface area contributed by atoms with Gasteiger partial charge in [0.15, 0.2) is 0 Å². The molecule has 0 saturated heterocycles. The fraction of sp³-hybridized carbons (Fsp3) is 0.167. The first-order valence-electron chi connectivity index (χ1n) is 5.41. The van der Waals surface area contributed by atoms with E-state index in [1.54, 1.807) is 13.0 Å². The van der Waals surface area contributed by atoms with E-state index in [0.717, 1.165) is 0 Å². The summed E-state index contributed by atoms with van der Waals surface area (Å²) in [4.78, 5) is 0. The molecule has 1 aromatic carbocycles. The molecule has 19 heavy (non-hydrogen) atoms. The van der Waals surface area contributed by atoms with Crippen molar-refractivity contribution in [3.05, 3.63) is 47.3 Å². The van der Waals surface area contributed by atoms with Crippen LogP contribution in [0.5, 0.6) is 0 Å². The Morgan fingerprint density at radius 1 is 1.37 bits per heavy atom. The highest BCUT2D eigenvalue weighted by atomic mass is 32.2. The Labute approximate surface area is 110 Å². The second-order valence-corrected chi connectivity index (χ2v) is 5.70. The summed E-state index contributed by atoms with van der Waals surface area (Å²) in [6.45, 7) is 1.69. The molecule has 0 radical (unpaired) electrons. The molecule has 2 rings (SSSR count). The number of nitriles is 1. The van der Waals surface area contributed by atoms with E-state index in [2.05, 4.69) is 9.88 Å². The summed E-state index contributed by atoms with van der Waals surface area (Å²) in [6, 6.07) is 9.67. The second kappa shape index (κ2) is 5.12. The van der Waals surface area contributed by atoms with Crippen molar-refractivity contribution in [3.8, 4) is 6.07 Å². The number of aryl methyl sites for hydroxylation is 1. The maximum Gasteiger partial charge on any atom is 0.238 e. The third-order valence-corrected chi connectivity index (χ3v) is 3.52. The largest absolute Gasteiger partial charge is 0.361 e. The molecule has 1 heterocycles. The third-order valence-electron chi connectivity index (χ3n) is 2.30. The Balaban J connectivity index is 2.10. The maximum atomic E-state index is 11.9. The van der Waals surface area contributed by atoms with E-state index in [1.807, 2.05) is 6.07 Å². The molecule has 0 unspecified atom stereocenters. The van der Waals surface area contributed by atoms with Gasteiger partial charge in [-0.1, -0.05) is 5.16 Å². The molecule has 0 aliphatic heterocycles. The molecule has 1 aromatic heterocycles. The van der Waals surface area contributed by atoms with Crippen LogP contribution in [-0.2, 0) is 15.8 Å². The van der Waals surface area contributed by atoms with Crippen molar-refractivity contribution in [1.82, 2.24) is 5.16 Å². The van der Waals surface area contributed by atoms with Crippen molar-refractivity contribution < 1.29 is 12.9 Å². The van der Waals surface area contributed by atoms with Gasteiger partial charge in [0, 0.05) is 11.8 Å². The number of rotatable bonds is 4. The Bertz CT molecular complexity index is 711. The predicted octanol–water partition coefficient (Wildman–Crippen LogP) is 1.80. The van der Waals surface area contributed by atoms with Crippen LogP contribution in [0, 0.1) is 18.3 Å². The van der Waals surface area contributed by atoms with Gasteiger partial charge < -0.3 is 4.52 Å². The Kier molecular flexibility index (Phi) is 3.53. The van der Waals surface area contributed by atoms with E-state index in [0.29, 0.717) is 22.7 Å². The van der Waals surface area contributed by atoms with Gasteiger partial charge in [0.05, 0.1) is 11.6 Å². The monoisotopic (exact) mass is 277 g/mol. The smallest absolute Gasteiger partial charge is 0.238 e. The summed E-state index contributed by atoms with van der Waals surface area (Å²) in [5.74, 6) is 0.299. The maximum absolute atomic E-state index is 11.9. The van der Waals surface area contributed by atoms with Crippen molar-refractivity contribution in [2.45, 2.75) is 12.7 Å². The Morgan fingerprint density at radius 2 is 2.05 bits per heavy atom. The number of hydrogen-bond acceptors (Lipinski definition) is 5. The van der Waals surface area contributed by atoms with Crippen LogP contribution in [-0.4, -0.2) is 13.6 Å². The van der Waals surface area contributed by atoms with Crippen molar-refractivity contribution in [3.63, 3.8) is 0 Å². The average molecular weight is 277 g/mol. The number of sulfonamides is 1. The van der Waals surface area contributed by atoms with Crippen LogP contribution < -0.4 is 4.72 Å². The lowest BCUT2D eigenvalue weighted by atomic mass is 10.2. The standard InChI is InChI=1S/C12H11N3O3S/c1-9-6-12(14-18-9)8-19(16,17)15-11-4-2-10(7-13)3-5-11/h2-6,15H,8H2,1H3. The lowest BCUT2D eigenvalue weighted by molar-refractivity contribution is 0.392. The lowest BCUT2D eigenvalue weighted by Gasteiger charge is -2.06. The average Bonchev–Trinajstić information content (AvgIpc) is 2.74. The van der Waals surface area contributed by atoms with E-state index >= 15 is 0 Å². The minimum Gasteiger partial charge on any atom is -0.361 e. The van der Waals surface area contributed by atoms with Crippen LogP contribution in [0.25, 0.3) is 0 Å². The minimum atomic E-state index is -3.55. The number of anilines is 1. The first-order valence-corrected chi connectivity index (χ1v) is 7.06. The van der Waals surface area contributed by atoms with Gasteiger partial charge >= 0.3 is 0 Å². The van der Waals surface area contributed by atoms with Gasteiger partial charge in [0.1, 0.15) is 17.2 Å². The minimum absolute atomic E-state index is 0.260. The highest BCUT2D eigenvalue weighted by Gasteiger charge is 2.14. The molecule has 0 aliphatic carbocycles. The first kappa shape index (κ1) is 13.1. The van der Waals surface area contributed by atoms with Crippen molar-refractivity contribution in [2.75, 3.05) is 4.72 Å². The van der Waals surface area contributed by atoms with Gasteiger partial charge in [0.25, 0.3) is 0 Å². The molecule has 2 aromatic rings. The molecule has 98 valence electrons. The third kappa shape index (κ3) is 3.56. The SMILES string of the molecule is Cc1cc(CS(=O)(=O)Nc2ccc(C#N)cc2)no1. The van der Waals surface area contributed by atoms with Gasteiger partial charge in [-0.05, 0) is 31.2 Å². The molecule has 0 atom stereocenters. The van der Waals surface area contributed by atoms with Crippen LogP contribution in [0.4, 0.5) is 5.69 Å². The molecule has 7 heteroatoms. The first-order chi connectivity index (χ1) is 8.98. The number of benzene rings is 1. The second-order valence-electron chi connectivity index (χ2n) is 3.98. The normalized spacial score (nSPS) is 10.9. The van der Waals surface area contributed by atoms with Crippen LogP contribution in [0.3, 0.4) is 0 Å². The fourth-order valence-corrected chi connectivity index (χ4v) is 2.60. The van der Waals surface area contributed by atoms with Gasteiger partial charge in [0.2, 0.25) is 10.0 Å². The summed E-state index contributed by atoms with van der Waals surface area (Å²) < 4.78 is 31.0. The van der Waals surface area contributed by atoms with E-state index < -0.39 is 10.0 Å². The molecule has 0 saturated carbocycles. The zero-order chi connectivity index (χ0) is 13.9. The highest BCUT2D eigenvalue weighted by molar-refractivity contribution is 7.91. The zero-order valence-electron chi connectivity index (χ0n) is 10.1. The van der Waals surface area contributed by atoms with Gasteiger partial charge in [-0.3, -0.25) is 4.72 Å². The highest BCUT2D eigenvalue weighted by Crippen LogP contribution is 2.13. The van der Waals surface area contributed by atoms with Gasteiger partial charge in [-0.15, -0.1) is 0 Å². The molecule has 1 N–H and O–H groups in total. The van der Waals surface area contributed by atoms with Crippen LogP contribution >= 0.6 is 0 Å². The fourth-order valence-electron chi connectivity index (χ4n) is 1.51. The van der Waals surface area contributed by atoms with E-state index in [4.69, 9.17) is 9.78 Å². The summed E-state index contributed by atoms with van der Waals surface area (Å²) in [7, 11) is -3.55. The van der Waals surface area contributed by atoms with Crippen molar-refractivity contribution in [2.24, 2.45) is 0 Å². The van der Waals surface area contributed by atoms with Gasteiger partial charge in [-0.25, -0.2) is 8.42 Å². The van der Waals surface area contributed by atoms with E-state index in [1.165, 1.54) is 24.3 Å². The molecule has 0 spiro atoms. The summed E-state index contributed by atoms with van der Waals surface area (Å²) in [5.41, 5.74) is 1.22. The number of aromatic nitrogens is 1. The summed E-state index contributed by atoms with van der Waals surface area (Å²) in [5, 5.41) is 12.3. The molecule has 0 aliphatic rings. The zero-order valence-corrected chi connectivity index (χ0v) is 10.9. The quantitative estimate of drug-likeness (QED) is 0.919. The van der Waals surface area contributed by atoms with Gasteiger partial charge in [-0.2, -0.15) is 5.26 Å². The number of nitrogens with one attached hydrogen (secondary N) is 1. The Morgan fingerprint density at radius 3 is 2.58 bits per heavy atom. The number of hydrogen-bond donors (Lipinski definition) is 1. The molecule has 0 fully saturated rings. The molecule has 0 amide bonds. The van der Waals surface area contributed by atoms with E-state index in [-0.39, 0.29) is 5.75 Å². The lowest BCUT2D eigenvalue weighted by Crippen LogP contribution is -2.15.